The number of carbonyl (C=O) groups excluding carboxylic acids is 2. The Morgan fingerprint density at radius 1 is 1.17 bits per heavy atom. The van der Waals surface area contributed by atoms with Gasteiger partial charge in [-0.15, -0.1) is 0 Å². The molecular formula is C22H20Cl2FNO4. The number of para-hydroxylation sites is 1. The molecular weight excluding hydrogens is 432 g/mol. The lowest BCUT2D eigenvalue weighted by Crippen LogP contribution is -2.27. The van der Waals surface area contributed by atoms with Gasteiger partial charge in [0, 0.05) is 5.56 Å². The highest BCUT2D eigenvalue weighted by atomic mass is 35.5. The number of esters is 1. The van der Waals surface area contributed by atoms with Crippen molar-refractivity contribution < 1.29 is 23.5 Å². The molecule has 0 heterocycles. The Morgan fingerprint density at radius 2 is 1.83 bits per heavy atom. The molecule has 0 saturated heterocycles. The minimum Gasteiger partial charge on any atom is -0.454 e. The molecule has 0 bridgehead atoms. The van der Waals surface area contributed by atoms with E-state index in [1.165, 1.54) is 12.1 Å². The van der Waals surface area contributed by atoms with Crippen LogP contribution in [-0.4, -0.2) is 11.9 Å². The lowest BCUT2D eigenvalue weighted by Gasteiger charge is -2.17. The summed E-state index contributed by atoms with van der Waals surface area (Å²) in [6.07, 6.45) is 0.168. The van der Waals surface area contributed by atoms with Crippen LogP contribution >= 0.6 is 23.2 Å². The van der Waals surface area contributed by atoms with E-state index in [9.17, 15) is 14.0 Å². The molecule has 158 valence electrons. The average Bonchev–Trinajstić information content (AvgIpc) is 3.21. The number of allylic oxidation sites excluding steroid dienone is 1. The molecule has 2 aromatic carbocycles. The number of halogens is 3. The Bertz CT molecular complexity index is 990. The Balaban J connectivity index is 1.82. The molecule has 1 aliphatic carbocycles. The molecule has 1 aliphatic rings. The number of hydrogen-bond donors (Lipinski definition) is 1. The fraction of sp³-hybridized carbons (Fsp3) is 0.273. The zero-order valence-electron chi connectivity index (χ0n) is 16.3. The van der Waals surface area contributed by atoms with Gasteiger partial charge in [-0.05, 0) is 41.7 Å². The first-order valence-electron chi connectivity index (χ1n) is 9.16. The van der Waals surface area contributed by atoms with Crippen molar-refractivity contribution in [2.45, 2.75) is 20.0 Å². The van der Waals surface area contributed by atoms with Crippen LogP contribution in [-0.2, 0) is 14.3 Å². The van der Waals surface area contributed by atoms with Crippen molar-refractivity contribution in [1.82, 2.24) is 0 Å². The third-order valence-electron chi connectivity index (χ3n) is 5.19. The van der Waals surface area contributed by atoms with Gasteiger partial charge >= 0.3 is 5.97 Å². The average molecular weight is 452 g/mol. The van der Waals surface area contributed by atoms with Gasteiger partial charge < -0.3 is 15.2 Å². The Hall–Kier alpha value is -2.57. The van der Waals surface area contributed by atoms with Crippen LogP contribution in [0.15, 0.2) is 59.1 Å². The Kier molecular flexibility index (Phi) is 6.38. The second-order valence-electron chi connectivity index (χ2n) is 7.61. The maximum atomic E-state index is 14.2. The second-order valence-corrected chi connectivity index (χ2v) is 8.61. The van der Waals surface area contributed by atoms with E-state index in [1.807, 2.05) is 13.8 Å². The Labute approximate surface area is 183 Å². The van der Waals surface area contributed by atoms with Crippen LogP contribution in [0.4, 0.5) is 4.39 Å². The van der Waals surface area contributed by atoms with Gasteiger partial charge in [0.25, 0.3) is 5.91 Å². The Morgan fingerprint density at radius 3 is 2.43 bits per heavy atom. The second kappa shape index (κ2) is 8.66. The third-order valence-corrected chi connectivity index (χ3v) is 5.44. The topological polar surface area (TPSA) is 78.6 Å². The summed E-state index contributed by atoms with van der Waals surface area (Å²) in [5.41, 5.74) is 5.22. The van der Waals surface area contributed by atoms with E-state index in [-0.39, 0.29) is 21.7 Å². The highest BCUT2D eigenvalue weighted by molar-refractivity contribution is 6.55. The van der Waals surface area contributed by atoms with E-state index in [1.54, 1.807) is 36.4 Å². The molecule has 8 heteroatoms. The number of carbonyl (C=O) groups is 2. The minimum absolute atomic E-state index is 0.0519. The summed E-state index contributed by atoms with van der Waals surface area (Å²) in [7, 11) is 0. The molecule has 0 aliphatic heterocycles. The smallest absolute Gasteiger partial charge is 0.311 e. The van der Waals surface area contributed by atoms with Crippen molar-refractivity contribution in [3.8, 4) is 11.5 Å². The standard InChI is InChI=1S/C22H20Cl2FNO4/c1-22(2)14(11-17(23)24)18(22)21(28)30-19(20(26)27)12-8-9-15(25)16(10-12)29-13-6-4-3-5-7-13/h3-11,14,18-19H,1-2H3,(H2,26,27). The highest BCUT2D eigenvalue weighted by Crippen LogP contribution is 2.60. The zero-order valence-corrected chi connectivity index (χ0v) is 17.8. The molecule has 0 aromatic heterocycles. The first-order valence-corrected chi connectivity index (χ1v) is 9.92. The van der Waals surface area contributed by atoms with Gasteiger partial charge in [-0.2, -0.15) is 0 Å². The van der Waals surface area contributed by atoms with Crippen molar-refractivity contribution in [2.75, 3.05) is 0 Å². The predicted molar refractivity (Wildman–Crippen MR) is 111 cm³/mol. The summed E-state index contributed by atoms with van der Waals surface area (Å²) >= 11 is 11.4. The van der Waals surface area contributed by atoms with E-state index >= 15 is 0 Å². The van der Waals surface area contributed by atoms with E-state index in [0.717, 1.165) is 6.07 Å². The van der Waals surface area contributed by atoms with Crippen LogP contribution in [0.3, 0.4) is 0 Å². The fourth-order valence-corrected chi connectivity index (χ4v) is 3.70. The normalized spacial score (nSPS) is 20.0. The third kappa shape index (κ3) is 4.77. The number of benzene rings is 2. The molecule has 0 spiro atoms. The van der Waals surface area contributed by atoms with Crippen LogP contribution in [0.5, 0.6) is 11.5 Å². The van der Waals surface area contributed by atoms with Gasteiger partial charge in [-0.25, -0.2) is 4.39 Å². The van der Waals surface area contributed by atoms with Gasteiger partial charge in [-0.1, -0.05) is 61.3 Å². The number of ether oxygens (including phenoxy) is 2. The molecule has 3 rings (SSSR count). The lowest BCUT2D eigenvalue weighted by atomic mass is 10.1. The van der Waals surface area contributed by atoms with Crippen LogP contribution in [0, 0.1) is 23.1 Å². The van der Waals surface area contributed by atoms with Crippen molar-refractivity contribution >= 4 is 35.1 Å². The molecule has 3 unspecified atom stereocenters. The minimum atomic E-state index is -1.40. The maximum Gasteiger partial charge on any atom is 0.311 e. The first-order chi connectivity index (χ1) is 14.1. The van der Waals surface area contributed by atoms with Gasteiger partial charge in [-0.3, -0.25) is 9.59 Å². The summed E-state index contributed by atoms with van der Waals surface area (Å²) in [5, 5.41) is 0. The molecule has 1 fully saturated rings. The van der Waals surface area contributed by atoms with E-state index in [2.05, 4.69) is 0 Å². The number of rotatable bonds is 7. The van der Waals surface area contributed by atoms with Crippen LogP contribution in [0.25, 0.3) is 0 Å². The number of amides is 1. The summed E-state index contributed by atoms with van der Waals surface area (Å²) in [5.74, 6) is -2.62. The van der Waals surface area contributed by atoms with Gasteiger partial charge in [0.2, 0.25) is 6.10 Å². The quantitative estimate of drug-likeness (QED) is 0.580. The van der Waals surface area contributed by atoms with E-state index in [0.29, 0.717) is 5.75 Å². The zero-order chi connectivity index (χ0) is 22.1. The van der Waals surface area contributed by atoms with Crippen LogP contribution in [0.2, 0.25) is 0 Å². The molecule has 2 aromatic rings. The molecule has 3 atom stereocenters. The lowest BCUT2D eigenvalue weighted by molar-refractivity contribution is -0.157. The first kappa shape index (κ1) is 22.1. The summed E-state index contributed by atoms with van der Waals surface area (Å²) < 4.78 is 25.2. The van der Waals surface area contributed by atoms with Crippen molar-refractivity contribution in [3.63, 3.8) is 0 Å². The summed E-state index contributed by atoms with van der Waals surface area (Å²) in [6, 6.07) is 12.3. The van der Waals surface area contributed by atoms with Gasteiger partial charge in [0.15, 0.2) is 11.6 Å². The highest BCUT2D eigenvalue weighted by Gasteiger charge is 2.62. The van der Waals surface area contributed by atoms with E-state index in [4.69, 9.17) is 38.4 Å². The number of nitrogens with two attached hydrogens (primary N) is 1. The molecule has 5 nitrogen and oxygen atoms in total. The van der Waals surface area contributed by atoms with Crippen LogP contribution < -0.4 is 10.5 Å². The van der Waals surface area contributed by atoms with E-state index < -0.39 is 35.1 Å². The summed E-state index contributed by atoms with van der Waals surface area (Å²) in [4.78, 5) is 24.7. The van der Waals surface area contributed by atoms with Crippen molar-refractivity contribution in [1.29, 1.82) is 0 Å². The summed E-state index contributed by atoms with van der Waals surface area (Å²) in [6.45, 7) is 3.72. The molecule has 0 radical (unpaired) electrons. The maximum absolute atomic E-state index is 14.2. The van der Waals surface area contributed by atoms with Crippen LogP contribution in [0.1, 0.15) is 25.5 Å². The van der Waals surface area contributed by atoms with Crippen molar-refractivity contribution in [3.05, 3.63) is 70.5 Å². The monoisotopic (exact) mass is 451 g/mol. The van der Waals surface area contributed by atoms with Crippen molar-refractivity contribution in [2.24, 2.45) is 23.0 Å². The molecule has 30 heavy (non-hydrogen) atoms. The number of primary amides is 1. The molecule has 2 N–H and O–H groups in total. The fourth-order valence-electron chi connectivity index (χ4n) is 3.43. The van der Waals surface area contributed by atoms with Gasteiger partial charge in [0.05, 0.1) is 5.92 Å². The predicted octanol–water partition coefficient (Wildman–Crippen LogP) is 5.28. The van der Waals surface area contributed by atoms with Gasteiger partial charge in [0.1, 0.15) is 10.2 Å². The molecule has 1 amide bonds. The SMILES string of the molecule is CC1(C)C(C=C(Cl)Cl)C1C(=O)OC(C(N)=O)c1ccc(F)c(Oc2ccccc2)c1. The molecule has 1 saturated carbocycles. The largest absolute Gasteiger partial charge is 0.454 e. The number of hydrogen-bond acceptors (Lipinski definition) is 4.